The quantitative estimate of drug-likeness (QED) is 0.635. The Kier molecular flexibility index (Phi) is 4.43. The van der Waals surface area contributed by atoms with Gasteiger partial charge >= 0.3 is 0 Å². The van der Waals surface area contributed by atoms with Crippen molar-refractivity contribution in [1.29, 1.82) is 0 Å². The van der Waals surface area contributed by atoms with Crippen LogP contribution in [0.2, 0.25) is 0 Å². The van der Waals surface area contributed by atoms with E-state index in [2.05, 4.69) is 24.8 Å². The number of allylic oxidation sites excluding steroid dienone is 3. The molecule has 0 spiro atoms. The normalized spacial score (nSPS) is 19.0. The minimum absolute atomic E-state index is 0.0261. The third-order valence-electron chi connectivity index (χ3n) is 4.28. The molecule has 3 heteroatoms. The summed E-state index contributed by atoms with van der Waals surface area (Å²) in [6.07, 6.45) is 6.31. The largest absolute Gasteiger partial charge is 0.307 e. The van der Waals surface area contributed by atoms with Gasteiger partial charge in [0.05, 0.1) is 12.2 Å². The van der Waals surface area contributed by atoms with Gasteiger partial charge in [-0.2, -0.15) is 0 Å². The highest BCUT2D eigenvalue weighted by Gasteiger charge is 2.25. The molecule has 1 aliphatic heterocycles. The average Bonchev–Trinajstić information content (AvgIpc) is 2.55. The Bertz CT molecular complexity index is 761. The molecule has 23 heavy (non-hydrogen) atoms. The second-order valence-corrected chi connectivity index (χ2v) is 5.93. The van der Waals surface area contributed by atoms with Gasteiger partial charge in [0.2, 0.25) is 5.91 Å². The van der Waals surface area contributed by atoms with E-state index in [0.717, 1.165) is 35.1 Å². The van der Waals surface area contributed by atoms with Gasteiger partial charge in [0.1, 0.15) is 6.29 Å². The number of hydrogen-bond donors (Lipinski definition) is 0. The molecule has 3 nitrogen and oxygen atoms in total. The van der Waals surface area contributed by atoms with Crippen molar-refractivity contribution < 1.29 is 9.59 Å². The predicted molar refractivity (Wildman–Crippen MR) is 89.1 cm³/mol. The van der Waals surface area contributed by atoms with Gasteiger partial charge in [-0.1, -0.05) is 43.0 Å². The Hall–Kier alpha value is -2.60. The topological polar surface area (TPSA) is 37.4 Å². The van der Waals surface area contributed by atoms with E-state index in [0.29, 0.717) is 12.5 Å². The molecule has 1 aliphatic carbocycles. The smallest absolute Gasteiger partial charge is 0.227 e. The van der Waals surface area contributed by atoms with E-state index in [4.69, 9.17) is 0 Å². The molecule has 0 N–H and O–H groups in total. The van der Waals surface area contributed by atoms with E-state index in [1.807, 2.05) is 30.3 Å². The first-order chi connectivity index (χ1) is 11.2. The first-order valence-corrected chi connectivity index (χ1v) is 7.95. The minimum Gasteiger partial charge on any atom is -0.307 e. The minimum atomic E-state index is -0.0261. The molecule has 0 fully saturated rings. The van der Waals surface area contributed by atoms with Crippen molar-refractivity contribution in [1.82, 2.24) is 4.90 Å². The first-order valence-electron chi connectivity index (χ1n) is 7.95. The Morgan fingerprint density at radius 2 is 2.17 bits per heavy atom. The molecule has 1 aromatic carbocycles. The molecular formula is C20H19NO2. The molecule has 0 saturated carbocycles. The Labute approximate surface area is 136 Å². The van der Waals surface area contributed by atoms with Gasteiger partial charge in [-0.25, -0.2) is 0 Å². The molecule has 0 radical (unpaired) electrons. The van der Waals surface area contributed by atoms with Crippen LogP contribution in [0.4, 0.5) is 0 Å². The Balaban J connectivity index is 2.09. The van der Waals surface area contributed by atoms with Crippen LogP contribution in [0.15, 0.2) is 47.7 Å². The monoisotopic (exact) mass is 305 g/mol. The zero-order valence-electron chi connectivity index (χ0n) is 13.2. The molecule has 1 amide bonds. The second kappa shape index (κ2) is 6.66. The molecule has 116 valence electrons. The van der Waals surface area contributed by atoms with Gasteiger partial charge in [0.25, 0.3) is 0 Å². The number of nitrogens with zero attached hydrogens (tertiary/aromatic N) is 1. The summed E-state index contributed by atoms with van der Waals surface area (Å²) in [6.45, 7) is 2.63. The van der Waals surface area contributed by atoms with E-state index < -0.39 is 0 Å². The van der Waals surface area contributed by atoms with E-state index in [1.165, 1.54) is 0 Å². The van der Waals surface area contributed by atoms with Crippen LogP contribution in [-0.4, -0.2) is 17.1 Å². The van der Waals surface area contributed by atoms with E-state index in [9.17, 15) is 9.59 Å². The lowest BCUT2D eigenvalue weighted by atomic mass is 9.89. The van der Waals surface area contributed by atoms with Crippen molar-refractivity contribution in [2.75, 3.05) is 0 Å². The number of fused-ring (bicyclic) bond motifs is 1. The van der Waals surface area contributed by atoms with Gasteiger partial charge in [-0.15, -0.1) is 0 Å². The molecule has 0 bridgehead atoms. The SMILES string of the molecule is CC1CC=CC2=C1C#Cc1ccccc1CN2C(=O)CCC=O. The standard InChI is InChI=1S/C20H19NO2/c1-15-6-4-9-19-18(15)12-11-16-7-2-3-8-17(16)14-21(19)20(23)10-5-13-22/h2-4,7-9,13,15H,5-6,10,14H2,1H3. The number of hydrogen-bond acceptors (Lipinski definition) is 2. The fraction of sp³-hybridized carbons (Fsp3) is 0.300. The predicted octanol–water partition coefficient (Wildman–Crippen LogP) is 3.21. The number of amides is 1. The molecule has 1 heterocycles. The number of aldehydes is 1. The average molecular weight is 305 g/mol. The summed E-state index contributed by atoms with van der Waals surface area (Å²) in [6, 6.07) is 7.93. The van der Waals surface area contributed by atoms with Crippen LogP contribution >= 0.6 is 0 Å². The fourth-order valence-corrected chi connectivity index (χ4v) is 2.98. The summed E-state index contributed by atoms with van der Waals surface area (Å²) >= 11 is 0. The van der Waals surface area contributed by atoms with Crippen molar-refractivity contribution in [3.05, 3.63) is 58.8 Å². The highest BCUT2D eigenvalue weighted by Crippen LogP contribution is 2.30. The maximum Gasteiger partial charge on any atom is 0.227 e. The first kappa shape index (κ1) is 15.3. The summed E-state index contributed by atoms with van der Waals surface area (Å²) < 4.78 is 0. The fourth-order valence-electron chi connectivity index (χ4n) is 2.98. The molecule has 0 saturated heterocycles. The van der Waals surface area contributed by atoms with Gasteiger partial charge in [0.15, 0.2) is 0 Å². The molecule has 0 aromatic heterocycles. The lowest BCUT2D eigenvalue weighted by Crippen LogP contribution is -2.32. The van der Waals surface area contributed by atoms with Crippen LogP contribution < -0.4 is 0 Å². The second-order valence-electron chi connectivity index (χ2n) is 5.93. The maximum atomic E-state index is 12.6. The van der Waals surface area contributed by atoms with Crippen molar-refractivity contribution in [2.24, 2.45) is 5.92 Å². The van der Waals surface area contributed by atoms with Crippen LogP contribution in [0, 0.1) is 17.8 Å². The van der Waals surface area contributed by atoms with Gasteiger partial charge < -0.3 is 9.69 Å². The third-order valence-corrected chi connectivity index (χ3v) is 4.28. The summed E-state index contributed by atoms with van der Waals surface area (Å²) in [5.74, 6) is 6.82. The summed E-state index contributed by atoms with van der Waals surface area (Å²) in [5, 5.41) is 0. The zero-order valence-corrected chi connectivity index (χ0v) is 13.2. The van der Waals surface area contributed by atoms with Crippen molar-refractivity contribution in [3.8, 4) is 11.8 Å². The Morgan fingerprint density at radius 1 is 1.35 bits per heavy atom. The molecule has 1 unspecified atom stereocenters. The molecule has 3 rings (SSSR count). The van der Waals surface area contributed by atoms with Crippen LogP contribution in [-0.2, 0) is 16.1 Å². The molecule has 1 aromatic rings. The van der Waals surface area contributed by atoms with E-state index in [1.54, 1.807) is 4.90 Å². The summed E-state index contributed by atoms with van der Waals surface area (Å²) in [5.41, 5.74) is 3.91. The number of carbonyl (C=O) groups excluding carboxylic acids is 2. The maximum absolute atomic E-state index is 12.6. The zero-order chi connectivity index (χ0) is 16.2. The molecular weight excluding hydrogens is 286 g/mol. The lowest BCUT2D eigenvalue weighted by molar-refractivity contribution is -0.130. The number of rotatable bonds is 3. The Morgan fingerprint density at radius 3 is 3.00 bits per heavy atom. The molecule has 1 atom stereocenters. The summed E-state index contributed by atoms with van der Waals surface area (Å²) in [4.78, 5) is 25.1. The van der Waals surface area contributed by atoms with Crippen LogP contribution in [0.3, 0.4) is 0 Å². The lowest BCUT2D eigenvalue weighted by Gasteiger charge is -2.30. The van der Waals surface area contributed by atoms with Crippen molar-refractivity contribution in [2.45, 2.75) is 32.7 Å². The third kappa shape index (κ3) is 3.12. The number of carbonyl (C=O) groups is 2. The van der Waals surface area contributed by atoms with Gasteiger partial charge in [-0.3, -0.25) is 4.79 Å². The highest BCUT2D eigenvalue weighted by atomic mass is 16.2. The van der Waals surface area contributed by atoms with E-state index in [-0.39, 0.29) is 18.7 Å². The van der Waals surface area contributed by atoms with E-state index >= 15 is 0 Å². The molecule has 2 aliphatic rings. The van der Waals surface area contributed by atoms with Gasteiger partial charge in [-0.05, 0) is 30.0 Å². The van der Waals surface area contributed by atoms with Crippen molar-refractivity contribution >= 4 is 12.2 Å². The van der Waals surface area contributed by atoms with Crippen LogP contribution in [0.1, 0.15) is 37.3 Å². The highest BCUT2D eigenvalue weighted by molar-refractivity contribution is 5.81. The van der Waals surface area contributed by atoms with Crippen LogP contribution in [0.25, 0.3) is 0 Å². The van der Waals surface area contributed by atoms with Crippen LogP contribution in [0.5, 0.6) is 0 Å². The van der Waals surface area contributed by atoms with Gasteiger partial charge in [0, 0.05) is 24.0 Å². The summed E-state index contributed by atoms with van der Waals surface area (Å²) in [7, 11) is 0. The van der Waals surface area contributed by atoms with Crippen molar-refractivity contribution in [3.63, 3.8) is 0 Å². The number of benzene rings is 1.